The molecule has 1 aromatic carbocycles. The van der Waals surface area contributed by atoms with Crippen LogP contribution >= 0.6 is 0 Å². The zero-order valence-corrected chi connectivity index (χ0v) is 11.2. The van der Waals surface area contributed by atoms with Gasteiger partial charge in [-0.2, -0.15) is 0 Å². The van der Waals surface area contributed by atoms with Crippen LogP contribution in [0.5, 0.6) is 0 Å². The number of carbonyl (C=O) groups excluding carboxylic acids is 1. The molecule has 0 saturated heterocycles. The van der Waals surface area contributed by atoms with Crippen molar-refractivity contribution in [1.82, 2.24) is 0 Å². The number of hydrogen-bond donors (Lipinski definition) is 1. The van der Waals surface area contributed by atoms with Crippen molar-refractivity contribution < 1.29 is 9.72 Å². The van der Waals surface area contributed by atoms with Gasteiger partial charge in [-0.25, -0.2) is 0 Å². The quantitative estimate of drug-likeness (QED) is 0.652. The molecule has 1 N–H and O–H groups in total. The molecule has 0 bridgehead atoms. The van der Waals surface area contributed by atoms with E-state index in [0.29, 0.717) is 11.6 Å². The van der Waals surface area contributed by atoms with Crippen molar-refractivity contribution >= 4 is 17.3 Å². The van der Waals surface area contributed by atoms with Crippen LogP contribution in [-0.2, 0) is 4.79 Å². The molecule has 0 aliphatic carbocycles. The van der Waals surface area contributed by atoms with Gasteiger partial charge >= 0.3 is 0 Å². The lowest BCUT2D eigenvalue weighted by Gasteiger charge is -2.14. The summed E-state index contributed by atoms with van der Waals surface area (Å²) in [5.41, 5.74) is 1.52. The van der Waals surface area contributed by atoms with Crippen molar-refractivity contribution in [2.45, 2.75) is 39.0 Å². The maximum atomic E-state index is 12.0. The molecule has 0 aromatic heterocycles. The Kier molecular flexibility index (Phi) is 3.83. The van der Waals surface area contributed by atoms with Crippen molar-refractivity contribution in [3.63, 3.8) is 0 Å². The Morgan fingerprint density at radius 1 is 1.47 bits per heavy atom. The van der Waals surface area contributed by atoms with Gasteiger partial charge in [-0.15, -0.1) is 0 Å². The Balaban J connectivity index is 2.26. The van der Waals surface area contributed by atoms with E-state index in [-0.39, 0.29) is 17.5 Å². The van der Waals surface area contributed by atoms with Crippen LogP contribution in [0, 0.1) is 16.0 Å². The number of rotatable bonds is 5. The number of non-ortho nitro benzene ring substituents is 1. The van der Waals surface area contributed by atoms with E-state index in [0.717, 1.165) is 24.8 Å². The highest BCUT2D eigenvalue weighted by Crippen LogP contribution is 2.39. The summed E-state index contributed by atoms with van der Waals surface area (Å²) in [7, 11) is 0. The standard InChI is InChI=1S/C14H18N2O3/c1-3-4-9(2)7-12-11-8-10(16(18)19)5-6-13(11)15-14(12)17/h5-6,8-9,12H,3-4,7H2,1-2H3,(H,15,17). The van der Waals surface area contributed by atoms with Gasteiger partial charge in [0.1, 0.15) is 0 Å². The fourth-order valence-electron chi connectivity index (χ4n) is 2.67. The summed E-state index contributed by atoms with van der Waals surface area (Å²) in [4.78, 5) is 22.4. The summed E-state index contributed by atoms with van der Waals surface area (Å²) in [5.74, 6) is 0.140. The minimum Gasteiger partial charge on any atom is -0.325 e. The third-order valence-corrected chi connectivity index (χ3v) is 3.62. The largest absolute Gasteiger partial charge is 0.325 e. The topological polar surface area (TPSA) is 72.2 Å². The SMILES string of the molecule is CCCC(C)CC1C(=O)Nc2ccc([N+](=O)[O-])cc21. The van der Waals surface area contributed by atoms with Crippen LogP contribution in [0.3, 0.4) is 0 Å². The monoisotopic (exact) mass is 262 g/mol. The molecule has 5 heteroatoms. The molecule has 1 heterocycles. The van der Waals surface area contributed by atoms with Crippen LogP contribution in [0.2, 0.25) is 0 Å². The van der Waals surface area contributed by atoms with E-state index in [2.05, 4.69) is 19.2 Å². The Bertz CT molecular complexity index is 513. The van der Waals surface area contributed by atoms with Crippen LogP contribution in [0.4, 0.5) is 11.4 Å². The second-order valence-electron chi connectivity index (χ2n) is 5.20. The Labute approximate surface area is 112 Å². The van der Waals surface area contributed by atoms with Crippen LogP contribution in [0.1, 0.15) is 44.6 Å². The lowest BCUT2D eigenvalue weighted by Crippen LogP contribution is -2.14. The van der Waals surface area contributed by atoms with E-state index in [9.17, 15) is 14.9 Å². The van der Waals surface area contributed by atoms with Gasteiger partial charge in [-0.3, -0.25) is 14.9 Å². The molecule has 0 fully saturated rings. The summed E-state index contributed by atoms with van der Waals surface area (Å²) in [6, 6.07) is 4.57. The van der Waals surface area contributed by atoms with Crippen LogP contribution < -0.4 is 5.32 Å². The number of benzene rings is 1. The van der Waals surface area contributed by atoms with Gasteiger partial charge in [0.25, 0.3) is 5.69 Å². The number of hydrogen-bond acceptors (Lipinski definition) is 3. The minimum absolute atomic E-state index is 0.0431. The predicted octanol–water partition coefficient (Wildman–Crippen LogP) is 3.46. The van der Waals surface area contributed by atoms with Gasteiger partial charge in [0.2, 0.25) is 5.91 Å². The second-order valence-corrected chi connectivity index (χ2v) is 5.20. The van der Waals surface area contributed by atoms with E-state index in [1.165, 1.54) is 12.1 Å². The fourth-order valence-corrected chi connectivity index (χ4v) is 2.67. The summed E-state index contributed by atoms with van der Waals surface area (Å²) in [6.07, 6.45) is 2.89. The predicted molar refractivity (Wildman–Crippen MR) is 73.2 cm³/mol. The number of nitro groups is 1. The molecule has 2 rings (SSSR count). The van der Waals surface area contributed by atoms with Crippen molar-refractivity contribution in [3.05, 3.63) is 33.9 Å². The summed E-state index contributed by atoms with van der Waals surface area (Å²) < 4.78 is 0. The van der Waals surface area contributed by atoms with Crippen molar-refractivity contribution in [1.29, 1.82) is 0 Å². The van der Waals surface area contributed by atoms with Gasteiger partial charge in [0.05, 0.1) is 10.8 Å². The number of anilines is 1. The van der Waals surface area contributed by atoms with Gasteiger partial charge in [-0.1, -0.05) is 26.7 Å². The fraction of sp³-hybridized carbons (Fsp3) is 0.500. The zero-order chi connectivity index (χ0) is 14.0. The number of fused-ring (bicyclic) bond motifs is 1. The van der Waals surface area contributed by atoms with Gasteiger partial charge in [0, 0.05) is 17.8 Å². The highest BCUT2D eigenvalue weighted by Gasteiger charge is 2.32. The molecule has 19 heavy (non-hydrogen) atoms. The zero-order valence-electron chi connectivity index (χ0n) is 11.2. The van der Waals surface area contributed by atoms with E-state index in [1.807, 2.05) is 0 Å². The van der Waals surface area contributed by atoms with Crippen molar-refractivity contribution in [3.8, 4) is 0 Å². The summed E-state index contributed by atoms with van der Waals surface area (Å²) in [6.45, 7) is 4.23. The molecule has 1 amide bonds. The Morgan fingerprint density at radius 3 is 2.84 bits per heavy atom. The number of nitrogens with one attached hydrogen (secondary N) is 1. The van der Waals surface area contributed by atoms with Crippen LogP contribution in [-0.4, -0.2) is 10.8 Å². The third kappa shape index (κ3) is 2.75. The number of nitrogens with zero attached hydrogens (tertiary/aromatic N) is 1. The van der Waals surface area contributed by atoms with Crippen LogP contribution in [0.25, 0.3) is 0 Å². The first-order valence-electron chi connectivity index (χ1n) is 6.62. The van der Waals surface area contributed by atoms with Gasteiger partial charge < -0.3 is 5.32 Å². The third-order valence-electron chi connectivity index (χ3n) is 3.62. The van der Waals surface area contributed by atoms with E-state index in [4.69, 9.17) is 0 Å². The second kappa shape index (κ2) is 5.38. The maximum Gasteiger partial charge on any atom is 0.269 e. The maximum absolute atomic E-state index is 12.0. The highest BCUT2D eigenvalue weighted by atomic mass is 16.6. The molecule has 102 valence electrons. The van der Waals surface area contributed by atoms with Gasteiger partial charge in [-0.05, 0) is 24.0 Å². The molecular weight excluding hydrogens is 244 g/mol. The molecule has 5 nitrogen and oxygen atoms in total. The lowest BCUT2D eigenvalue weighted by atomic mass is 9.88. The summed E-state index contributed by atoms with van der Waals surface area (Å²) >= 11 is 0. The Hall–Kier alpha value is -1.91. The first kappa shape index (κ1) is 13.5. The molecule has 2 atom stereocenters. The van der Waals surface area contributed by atoms with E-state index >= 15 is 0 Å². The average molecular weight is 262 g/mol. The van der Waals surface area contributed by atoms with Crippen LogP contribution in [0.15, 0.2) is 18.2 Å². The van der Waals surface area contributed by atoms with E-state index < -0.39 is 4.92 Å². The summed E-state index contributed by atoms with van der Waals surface area (Å²) in [5, 5.41) is 13.6. The molecule has 1 aliphatic rings. The first-order valence-corrected chi connectivity index (χ1v) is 6.62. The molecular formula is C14H18N2O3. The molecule has 0 radical (unpaired) electrons. The lowest BCUT2D eigenvalue weighted by molar-refractivity contribution is -0.384. The number of carbonyl (C=O) groups is 1. The van der Waals surface area contributed by atoms with Crippen molar-refractivity contribution in [2.75, 3.05) is 5.32 Å². The van der Waals surface area contributed by atoms with E-state index in [1.54, 1.807) is 6.07 Å². The first-order chi connectivity index (χ1) is 9.02. The highest BCUT2D eigenvalue weighted by molar-refractivity contribution is 6.03. The molecule has 0 spiro atoms. The Morgan fingerprint density at radius 2 is 2.21 bits per heavy atom. The average Bonchev–Trinajstić information content (AvgIpc) is 2.65. The van der Waals surface area contributed by atoms with Crippen molar-refractivity contribution in [2.24, 2.45) is 5.92 Å². The molecule has 1 aliphatic heterocycles. The number of nitro benzene ring substituents is 1. The minimum atomic E-state index is -0.421. The number of amides is 1. The smallest absolute Gasteiger partial charge is 0.269 e. The van der Waals surface area contributed by atoms with Gasteiger partial charge in [0.15, 0.2) is 0 Å². The molecule has 0 saturated carbocycles. The molecule has 2 unspecified atom stereocenters. The molecule has 1 aromatic rings. The normalized spacial score (nSPS) is 18.8.